The summed E-state index contributed by atoms with van der Waals surface area (Å²) in [4.78, 5) is 10.2. The number of aromatic hydroxyl groups is 1. The minimum Gasteiger partial charge on any atom is -0.502 e. The maximum Gasteiger partial charge on any atom is 0.312 e. The number of halogens is 1. The lowest BCUT2D eigenvalue weighted by molar-refractivity contribution is -0.386. The Labute approximate surface area is 106 Å². The van der Waals surface area contributed by atoms with Gasteiger partial charge < -0.3 is 15.7 Å². The highest BCUT2D eigenvalue weighted by atomic mass is 79.9. The van der Waals surface area contributed by atoms with E-state index in [1.165, 1.54) is 6.07 Å². The summed E-state index contributed by atoms with van der Waals surface area (Å²) >= 11 is 3.22. The molecule has 0 unspecified atom stereocenters. The second-order valence-corrected chi connectivity index (χ2v) is 4.75. The van der Waals surface area contributed by atoms with E-state index in [0.29, 0.717) is 16.6 Å². The Bertz CT molecular complexity index is 447. The Balaban J connectivity index is 2.41. The van der Waals surface area contributed by atoms with Crippen molar-refractivity contribution in [3.05, 3.63) is 32.3 Å². The molecule has 1 saturated heterocycles. The molecule has 0 saturated carbocycles. The third-order valence-corrected chi connectivity index (χ3v) is 3.15. The number of phenols is 1. The third-order valence-electron chi connectivity index (χ3n) is 2.70. The quantitative estimate of drug-likeness (QED) is 0.566. The van der Waals surface area contributed by atoms with Gasteiger partial charge in [-0.15, -0.1) is 0 Å². The number of piperazine rings is 1. The minimum atomic E-state index is -0.583. The van der Waals surface area contributed by atoms with E-state index >= 15 is 0 Å². The van der Waals surface area contributed by atoms with Gasteiger partial charge in [-0.2, -0.15) is 0 Å². The standard InChI is InChI=1S/C10H12BrN3O3/c11-6-3-7(8-5-12-1-2-13-8)10(15)9(4-6)14(16)17/h3-4,8,12-13,15H,1-2,5H2/t8-/m0/s1. The van der Waals surface area contributed by atoms with Crippen molar-refractivity contribution < 1.29 is 10.0 Å². The highest BCUT2D eigenvalue weighted by Gasteiger charge is 2.24. The van der Waals surface area contributed by atoms with Crippen molar-refractivity contribution in [1.29, 1.82) is 0 Å². The summed E-state index contributed by atoms with van der Waals surface area (Å²) in [6.45, 7) is 2.26. The lowest BCUT2D eigenvalue weighted by Gasteiger charge is -2.25. The van der Waals surface area contributed by atoms with Crippen LogP contribution in [0.1, 0.15) is 11.6 Å². The molecule has 0 aromatic heterocycles. The van der Waals surface area contributed by atoms with Gasteiger partial charge in [0.15, 0.2) is 5.75 Å². The molecule has 2 rings (SSSR count). The molecule has 1 fully saturated rings. The molecule has 6 nitrogen and oxygen atoms in total. The Morgan fingerprint density at radius 3 is 2.82 bits per heavy atom. The zero-order chi connectivity index (χ0) is 12.4. The molecule has 1 aromatic carbocycles. The lowest BCUT2D eigenvalue weighted by Crippen LogP contribution is -2.42. The largest absolute Gasteiger partial charge is 0.502 e. The Hall–Kier alpha value is -1.18. The van der Waals surface area contributed by atoms with E-state index in [9.17, 15) is 15.2 Å². The van der Waals surface area contributed by atoms with Crippen LogP contribution in [0, 0.1) is 10.1 Å². The van der Waals surface area contributed by atoms with E-state index in [1.54, 1.807) is 6.07 Å². The maximum atomic E-state index is 10.8. The molecule has 0 aliphatic carbocycles. The molecular formula is C10H12BrN3O3. The lowest BCUT2D eigenvalue weighted by atomic mass is 10.0. The van der Waals surface area contributed by atoms with Crippen LogP contribution < -0.4 is 10.6 Å². The van der Waals surface area contributed by atoms with Gasteiger partial charge in [0.05, 0.1) is 4.92 Å². The van der Waals surface area contributed by atoms with Crippen LogP contribution in [0.5, 0.6) is 5.75 Å². The summed E-state index contributed by atoms with van der Waals surface area (Å²) in [5, 5.41) is 27.1. The molecule has 0 spiro atoms. The molecule has 0 radical (unpaired) electrons. The molecule has 1 heterocycles. The van der Waals surface area contributed by atoms with Crippen LogP contribution in [-0.2, 0) is 0 Å². The summed E-state index contributed by atoms with van der Waals surface area (Å²) < 4.78 is 0.587. The van der Waals surface area contributed by atoms with Crippen molar-refractivity contribution in [1.82, 2.24) is 10.6 Å². The van der Waals surface area contributed by atoms with Crippen molar-refractivity contribution in [2.75, 3.05) is 19.6 Å². The van der Waals surface area contributed by atoms with E-state index in [4.69, 9.17) is 0 Å². The molecule has 17 heavy (non-hydrogen) atoms. The molecule has 1 atom stereocenters. The topological polar surface area (TPSA) is 87.4 Å². The number of nitro benzene ring substituents is 1. The fourth-order valence-electron chi connectivity index (χ4n) is 1.88. The zero-order valence-electron chi connectivity index (χ0n) is 8.94. The average Bonchev–Trinajstić information content (AvgIpc) is 2.32. The van der Waals surface area contributed by atoms with Gasteiger partial charge in [0.1, 0.15) is 0 Å². The molecule has 3 N–H and O–H groups in total. The van der Waals surface area contributed by atoms with Crippen molar-refractivity contribution in [2.24, 2.45) is 0 Å². The molecule has 7 heteroatoms. The Morgan fingerprint density at radius 1 is 1.47 bits per heavy atom. The van der Waals surface area contributed by atoms with E-state index in [0.717, 1.165) is 13.1 Å². The second kappa shape index (κ2) is 4.99. The number of hydrogen-bond acceptors (Lipinski definition) is 5. The molecule has 0 amide bonds. The van der Waals surface area contributed by atoms with E-state index in [2.05, 4.69) is 26.6 Å². The SMILES string of the molecule is O=[N+]([O-])c1cc(Br)cc([C@@H]2CNCCN2)c1O. The monoisotopic (exact) mass is 301 g/mol. The third kappa shape index (κ3) is 2.56. The minimum absolute atomic E-state index is 0.111. The second-order valence-electron chi connectivity index (χ2n) is 3.83. The number of phenolic OH excluding ortho intramolecular Hbond substituents is 1. The van der Waals surface area contributed by atoms with Crippen LogP contribution >= 0.6 is 15.9 Å². The smallest absolute Gasteiger partial charge is 0.312 e. The van der Waals surface area contributed by atoms with Crippen molar-refractivity contribution in [3.8, 4) is 5.75 Å². The maximum absolute atomic E-state index is 10.8. The predicted molar refractivity (Wildman–Crippen MR) is 66.1 cm³/mol. The number of rotatable bonds is 2. The van der Waals surface area contributed by atoms with Crippen LogP contribution in [0.2, 0.25) is 0 Å². The first-order chi connectivity index (χ1) is 8.09. The first kappa shape index (κ1) is 12.3. The number of nitrogens with zero attached hydrogens (tertiary/aromatic N) is 1. The first-order valence-corrected chi connectivity index (χ1v) is 6.00. The summed E-state index contributed by atoms with van der Waals surface area (Å²) in [6, 6.07) is 2.89. The average molecular weight is 302 g/mol. The van der Waals surface area contributed by atoms with E-state index in [-0.39, 0.29) is 17.5 Å². The van der Waals surface area contributed by atoms with Gasteiger partial charge in [-0.1, -0.05) is 15.9 Å². The molecule has 1 aliphatic heterocycles. The van der Waals surface area contributed by atoms with E-state index in [1.807, 2.05) is 0 Å². The fraction of sp³-hybridized carbons (Fsp3) is 0.400. The van der Waals surface area contributed by atoms with Crippen LogP contribution in [0.3, 0.4) is 0 Å². The van der Waals surface area contributed by atoms with Crippen LogP contribution in [0.15, 0.2) is 16.6 Å². The van der Waals surface area contributed by atoms with Gasteiger partial charge in [-0.05, 0) is 6.07 Å². The molecule has 1 aromatic rings. The molecule has 92 valence electrons. The highest BCUT2D eigenvalue weighted by Crippen LogP contribution is 2.36. The number of nitro groups is 1. The summed E-state index contributed by atoms with van der Waals surface area (Å²) in [5.74, 6) is -0.264. The molecule has 1 aliphatic rings. The van der Waals surface area contributed by atoms with Gasteiger partial charge in [0.25, 0.3) is 0 Å². The number of benzene rings is 1. The highest BCUT2D eigenvalue weighted by molar-refractivity contribution is 9.10. The summed E-state index contributed by atoms with van der Waals surface area (Å²) in [7, 11) is 0. The fourth-order valence-corrected chi connectivity index (χ4v) is 2.35. The summed E-state index contributed by atoms with van der Waals surface area (Å²) in [5.41, 5.74) is 0.264. The normalized spacial score (nSPS) is 20.2. The van der Waals surface area contributed by atoms with Crippen molar-refractivity contribution in [2.45, 2.75) is 6.04 Å². The Morgan fingerprint density at radius 2 is 2.24 bits per heavy atom. The van der Waals surface area contributed by atoms with E-state index < -0.39 is 4.92 Å². The first-order valence-electron chi connectivity index (χ1n) is 5.20. The predicted octanol–water partition coefficient (Wildman–Crippen LogP) is 1.30. The number of hydrogen-bond donors (Lipinski definition) is 3. The van der Waals surface area contributed by atoms with Crippen molar-refractivity contribution >= 4 is 21.6 Å². The van der Waals surface area contributed by atoms with Gasteiger partial charge >= 0.3 is 5.69 Å². The number of nitrogens with one attached hydrogen (secondary N) is 2. The van der Waals surface area contributed by atoms with Crippen molar-refractivity contribution in [3.63, 3.8) is 0 Å². The van der Waals surface area contributed by atoms with Crippen LogP contribution in [0.25, 0.3) is 0 Å². The Kier molecular flexibility index (Phi) is 3.60. The van der Waals surface area contributed by atoms with Gasteiger partial charge in [-0.25, -0.2) is 0 Å². The van der Waals surface area contributed by atoms with Gasteiger partial charge in [0.2, 0.25) is 0 Å². The van der Waals surface area contributed by atoms with Gasteiger partial charge in [0, 0.05) is 41.8 Å². The molecule has 0 bridgehead atoms. The van der Waals surface area contributed by atoms with Crippen LogP contribution in [-0.4, -0.2) is 29.7 Å². The molecular weight excluding hydrogens is 290 g/mol. The zero-order valence-corrected chi connectivity index (χ0v) is 10.5. The van der Waals surface area contributed by atoms with Crippen LogP contribution in [0.4, 0.5) is 5.69 Å². The summed E-state index contributed by atoms with van der Waals surface area (Å²) in [6.07, 6.45) is 0. The van der Waals surface area contributed by atoms with Gasteiger partial charge in [-0.3, -0.25) is 10.1 Å².